The maximum atomic E-state index is 14.2. The summed E-state index contributed by atoms with van der Waals surface area (Å²) in [5, 5.41) is 2.95. The molecule has 4 aromatic rings. The highest BCUT2D eigenvalue weighted by molar-refractivity contribution is 6.30. The van der Waals surface area contributed by atoms with Gasteiger partial charge in [0, 0.05) is 17.8 Å². The molecule has 1 unspecified atom stereocenters. The molecule has 0 bridgehead atoms. The molecule has 0 radical (unpaired) electrons. The van der Waals surface area contributed by atoms with Crippen LogP contribution in [0.1, 0.15) is 42.6 Å². The Kier molecular flexibility index (Phi) is 8.08. The fraction of sp³-hybridized carbons (Fsp3) is 0.226. The molecule has 0 saturated heterocycles. The van der Waals surface area contributed by atoms with Crippen molar-refractivity contribution in [3.05, 3.63) is 113 Å². The Labute approximate surface area is 240 Å². The number of benzene rings is 3. The molecule has 212 valence electrons. The van der Waals surface area contributed by atoms with Gasteiger partial charge >= 0.3 is 12.2 Å². The van der Waals surface area contributed by atoms with Crippen LogP contribution in [0.3, 0.4) is 0 Å². The molecule has 3 amide bonds. The molecule has 0 saturated carbocycles. The van der Waals surface area contributed by atoms with Crippen molar-refractivity contribution in [2.45, 2.75) is 32.0 Å². The number of alkyl halides is 3. The van der Waals surface area contributed by atoms with Gasteiger partial charge in [-0.1, -0.05) is 61.3 Å². The van der Waals surface area contributed by atoms with E-state index in [4.69, 9.17) is 11.6 Å². The number of unbranched alkanes of at least 4 members (excludes halogenated alkanes) is 1. The van der Waals surface area contributed by atoms with Crippen molar-refractivity contribution in [2.75, 3.05) is 23.3 Å². The predicted molar refractivity (Wildman–Crippen MR) is 153 cm³/mol. The predicted octanol–water partition coefficient (Wildman–Crippen LogP) is 7.92. The van der Waals surface area contributed by atoms with Crippen LogP contribution < -0.4 is 10.2 Å². The standard InChI is InChI=1S/C31H28ClF3N4O2/c1-2-3-18-37(30(41)36-24-10-5-4-9-23(24)31(33,34)35)20-28(40)39-26-12-7-6-11-25(26)38-19-8-13-27(38)29(39)21-14-16-22(32)17-15-21/h4-17,19,29H,2-3,18,20H2,1H3,(H,36,41). The molecule has 1 aliphatic heterocycles. The third kappa shape index (κ3) is 5.81. The minimum Gasteiger partial charge on any atom is -0.316 e. The van der Waals surface area contributed by atoms with Crippen molar-refractivity contribution in [3.63, 3.8) is 0 Å². The first-order valence-electron chi connectivity index (χ1n) is 13.3. The summed E-state index contributed by atoms with van der Waals surface area (Å²) >= 11 is 6.16. The van der Waals surface area contributed by atoms with Crippen LogP contribution in [-0.2, 0) is 11.0 Å². The second-order valence-corrected chi connectivity index (χ2v) is 10.2. The van der Waals surface area contributed by atoms with Gasteiger partial charge in [0.05, 0.1) is 28.3 Å². The van der Waals surface area contributed by atoms with Gasteiger partial charge in [0.15, 0.2) is 0 Å². The molecule has 5 rings (SSSR count). The number of urea groups is 1. The lowest BCUT2D eigenvalue weighted by Gasteiger charge is -2.39. The summed E-state index contributed by atoms with van der Waals surface area (Å²) in [4.78, 5) is 30.5. The van der Waals surface area contributed by atoms with E-state index in [1.807, 2.05) is 66.2 Å². The maximum absolute atomic E-state index is 14.2. The highest BCUT2D eigenvalue weighted by atomic mass is 35.5. The molecule has 1 aliphatic rings. The molecule has 6 nitrogen and oxygen atoms in total. The van der Waals surface area contributed by atoms with Gasteiger partial charge in [-0.25, -0.2) is 4.79 Å². The number of nitrogens with zero attached hydrogens (tertiary/aromatic N) is 3. The molecule has 1 aromatic heterocycles. The number of nitrogens with one attached hydrogen (secondary N) is 1. The number of hydrogen-bond donors (Lipinski definition) is 1. The van der Waals surface area contributed by atoms with E-state index in [9.17, 15) is 22.8 Å². The van der Waals surface area contributed by atoms with Crippen LogP contribution in [0.15, 0.2) is 91.1 Å². The molecule has 0 spiro atoms. The van der Waals surface area contributed by atoms with Crippen molar-refractivity contribution in [1.82, 2.24) is 9.47 Å². The zero-order valence-electron chi connectivity index (χ0n) is 22.2. The van der Waals surface area contributed by atoms with E-state index in [-0.39, 0.29) is 24.7 Å². The molecule has 41 heavy (non-hydrogen) atoms. The number of carbonyl (C=O) groups excluding carboxylic acids is 2. The lowest BCUT2D eigenvalue weighted by atomic mass is 9.97. The first-order valence-corrected chi connectivity index (χ1v) is 13.6. The van der Waals surface area contributed by atoms with Crippen LogP contribution in [0.25, 0.3) is 5.69 Å². The van der Waals surface area contributed by atoms with Crippen molar-refractivity contribution in [1.29, 1.82) is 0 Å². The fourth-order valence-corrected chi connectivity index (χ4v) is 5.22. The van der Waals surface area contributed by atoms with Crippen molar-refractivity contribution in [3.8, 4) is 5.69 Å². The summed E-state index contributed by atoms with van der Waals surface area (Å²) in [6.07, 6.45) is -1.42. The number of para-hydroxylation sites is 3. The minimum absolute atomic E-state index is 0.194. The highest BCUT2D eigenvalue weighted by Gasteiger charge is 2.38. The van der Waals surface area contributed by atoms with Crippen LogP contribution >= 0.6 is 11.6 Å². The molecule has 2 heterocycles. The summed E-state index contributed by atoms with van der Waals surface area (Å²) in [5.74, 6) is -0.375. The summed E-state index contributed by atoms with van der Waals surface area (Å²) in [7, 11) is 0. The smallest absolute Gasteiger partial charge is 0.316 e. The average Bonchev–Trinajstić information content (AvgIpc) is 3.45. The Balaban J connectivity index is 1.50. The van der Waals surface area contributed by atoms with Gasteiger partial charge in [-0.05, 0) is 60.5 Å². The quantitative estimate of drug-likeness (QED) is 0.241. The number of rotatable bonds is 7. The molecule has 1 atom stereocenters. The SMILES string of the molecule is CCCCN(CC(=O)N1c2ccccc2-n2cccc2C1c1ccc(Cl)cc1)C(=O)Nc1ccccc1C(F)(F)F. The fourth-order valence-electron chi connectivity index (χ4n) is 5.10. The Bertz CT molecular complexity index is 1550. The second-order valence-electron chi connectivity index (χ2n) is 9.76. The lowest BCUT2D eigenvalue weighted by Crippen LogP contribution is -2.48. The van der Waals surface area contributed by atoms with E-state index >= 15 is 0 Å². The average molecular weight is 581 g/mol. The van der Waals surface area contributed by atoms with Gasteiger partial charge in [0.25, 0.3) is 0 Å². The van der Waals surface area contributed by atoms with Gasteiger partial charge in [-0.3, -0.25) is 9.69 Å². The zero-order chi connectivity index (χ0) is 29.1. The number of anilines is 2. The van der Waals surface area contributed by atoms with Crippen molar-refractivity contribution >= 4 is 34.9 Å². The molecule has 1 N–H and O–H groups in total. The lowest BCUT2D eigenvalue weighted by molar-refractivity contribution is -0.137. The van der Waals surface area contributed by atoms with Gasteiger partial charge in [-0.15, -0.1) is 0 Å². The van der Waals surface area contributed by atoms with Gasteiger partial charge < -0.3 is 14.8 Å². The maximum Gasteiger partial charge on any atom is 0.418 e. The first kappa shape index (κ1) is 28.3. The van der Waals surface area contributed by atoms with E-state index in [1.165, 1.54) is 23.1 Å². The van der Waals surface area contributed by atoms with Crippen LogP contribution in [0.5, 0.6) is 0 Å². The molecular weight excluding hydrogens is 553 g/mol. The van der Waals surface area contributed by atoms with E-state index in [1.54, 1.807) is 17.0 Å². The van der Waals surface area contributed by atoms with Gasteiger partial charge in [0.1, 0.15) is 12.6 Å². The van der Waals surface area contributed by atoms with E-state index in [0.717, 1.165) is 29.4 Å². The zero-order valence-corrected chi connectivity index (χ0v) is 23.0. The van der Waals surface area contributed by atoms with Crippen molar-refractivity contribution < 1.29 is 22.8 Å². The van der Waals surface area contributed by atoms with Crippen molar-refractivity contribution in [2.24, 2.45) is 0 Å². The van der Waals surface area contributed by atoms with Crippen LogP contribution in [0, 0.1) is 0 Å². The Morgan fingerprint density at radius 1 is 0.927 bits per heavy atom. The number of fused-ring (bicyclic) bond motifs is 3. The molecule has 0 fully saturated rings. The number of hydrogen-bond acceptors (Lipinski definition) is 2. The van der Waals surface area contributed by atoms with Crippen LogP contribution in [-0.4, -0.2) is 34.5 Å². The minimum atomic E-state index is -4.65. The summed E-state index contributed by atoms with van der Waals surface area (Å²) in [6, 6.07) is 22.0. The molecular formula is C31H28ClF3N4O2. The number of amides is 3. The van der Waals surface area contributed by atoms with Gasteiger partial charge in [0.2, 0.25) is 5.91 Å². The largest absolute Gasteiger partial charge is 0.418 e. The number of halogens is 4. The molecule has 0 aliphatic carbocycles. The summed E-state index contributed by atoms with van der Waals surface area (Å²) in [5.41, 5.74) is 1.81. The van der Waals surface area contributed by atoms with Gasteiger partial charge in [-0.2, -0.15) is 13.2 Å². The molecule has 3 aromatic carbocycles. The van der Waals surface area contributed by atoms with Crippen LogP contribution in [0.4, 0.5) is 29.3 Å². The van der Waals surface area contributed by atoms with E-state index in [2.05, 4.69) is 5.32 Å². The number of aromatic nitrogens is 1. The third-order valence-electron chi connectivity index (χ3n) is 7.04. The Hall–Kier alpha value is -4.24. The van der Waals surface area contributed by atoms with E-state index in [0.29, 0.717) is 17.1 Å². The Morgan fingerprint density at radius 3 is 2.32 bits per heavy atom. The first-order chi connectivity index (χ1) is 19.7. The normalized spacial score (nSPS) is 14.3. The highest BCUT2D eigenvalue weighted by Crippen LogP contribution is 2.42. The second kappa shape index (κ2) is 11.7. The third-order valence-corrected chi connectivity index (χ3v) is 7.29. The summed E-state index contributed by atoms with van der Waals surface area (Å²) < 4.78 is 42.8. The van der Waals surface area contributed by atoms with E-state index < -0.39 is 23.8 Å². The van der Waals surface area contributed by atoms with Crippen LogP contribution in [0.2, 0.25) is 5.02 Å². The number of carbonyl (C=O) groups is 2. The monoisotopic (exact) mass is 580 g/mol. The summed E-state index contributed by atoms with van der Waals surface area (Å²) in [6.45, 7) is 1.79. The topological polar surface area (TPSA) is 57.6 Å². The Morgan fingerprint density at radius 2 is 1.61 bits per heavy atom. The molecule has 10 heteroatoms.